The summed E-state index contributed by atoms with van der Waals surface area (Å²) in [5, 5.41) is 3.34. The van der Waals surface area contributed by atoms with E-state index >= 15 is 0 Å². The van der Waals surface area contributed by atoms with E-state index in [1.54, 1.807) is 12.1 Å². The largest absolute Gasteiger partial charge is 0.378 e. The van der Waals surface area contributed by atoms with Crippen molar-refractivity contribution in [2.45, 2.75) is 70.5 Å². The van der Waals surface area contributed by atoms with Crippen LogP contribution < -0.4 is 10.0 Å². The average Bonchev–Trinajstić information content (AvgIpc) is 2.64. The fourth-order valence-corrected chi connectivity index (χ4v) is 5.06. The molecule has 0 unspecified atom stereocenters. The molecule has 0 saturated carbocycles. The highest BCUT2D eigenvalue weighted by atomic mass is 32.2. The topological polar surface area (TPSA) is 83.0 Å². The maximum atomic E-state index is 12.8. The molecule has 29 heavy (non-hydrogen) atoms. The Labute approximate surface area is 176 Å². The maximum absolute atomic E-state index is 12.8. The molecule has 8 heteroatoms. The zero-order chi connectivity index (χ0) is 21.5. The molecule has 1 fully saturated rings. The molecule has 1 aromatic carbocycles. The van der Waals surface area contributed by atoms with Gasteiger partial charge in [0.05, 0.1) is 17.5 Å². The van der Waals surface area contributed by atoms with Crippen LogP contribution in [0.3, 0.4) is 0 Å². The monoisotopic (exact) mass is 424 g/mol. The third kappa shape index (κ3) is 7.28. The van der Waals surface area contributed by atoms with Crippen molar-refractivity contribution in [2.24, 2.45) is 4.99 Å². The van der Waals surface area contributed by atoms with E-state index in [4.69, 9.17) is 9.73 Å². The average molecular weight is 425 g/mol. The second-order valence-corrected chi connectivity index (χ2v) is 9.93. The van der Waals surface area contributed by atoms with Gasteiger partial charge in [0.25, 0.3) is 0 Å². The Balaban J connectivity index is 2.18. The summed E-state index contributed by atoms with van der Waals surface area (Å²) in [4.78, 5) is 7.26. The molecule has 0 aliphatic carbocycles. The first-order chi connectivity index (χ1) is 13.7. The SMILES string of the molecule is CCNC(=NCc1ccccc1S(=O)(=O)NC(C)(C)C)N1CCC(OCC)CC1. The number of aliphatic imine (C=N–C) groups is 1. The maximum Gasteiger partial charge on any atom is 0.241 e. The summed E-state index contributed by atoms with van der Waals surface area (Å²) in [5.41, 5.74) is 0.138. The molecule has 0 amide bonds. The lowest BCUT2D eigenvalue weighted by molar-refractivity contribution is 0.0263. The standard InChI is InChI=1S/C21H36N4O3S/c1-6-22-20(25-14-12-18(13-15-25)28-7-2)23-16-17-10-8-9-11-19(17)29(26,27)24-21(3,4)5/h8-11,18,24H,6-7,12-16H2,1-5H3,(H,22,23). The Hall–Kier alpha value is -1.64. The van der Waals surface area contributed by atoms with Gasteiger partial charge in [-0.15, -0.1) is 0 Å². The number of hydrogen-bond donors (Lipinski definition) is 2. The van der Waals surface area contributed by atoms with Crippen LogP contribution in [0, 0.1) is 0 Å². The lowest BCUT2D eigenvalue weighted by Crippen LogP contribution is -2.47. The minimum atomic E-state index is -3.62. The van der Waals surface area contributed by atoms with Crippen LogP contribution >= 0.6 is 0 Å². The van der Waals surface area contributed by atoms with Crippen LogP contribution in [0.25, 0.3) is 0 Å². The number of guanidine groups is 1. The van der Waals surface area contributed by atoms with E-state index in [1.165, 1.54) is 0 Å². The summed E-state index contributed by atoms with van der Waals surface area (Å²) in [7, 11) is -3.62. The molecule has 0 atom stereocenters. The van der Waals surface area contributed by atoms with Crippen molar-refractivity contribution >= 4 is 16.0 Å². The van der Waals surface area contributed by atoms with Crippen molar-refractivity contribution in [3.63, 3.8) is 0 Å². The predicted octanol–water partition coefficient (Wildman–Crippen LogP) is 2.73. The highest BCUT2D eigenvalue weighted by Crippen LogP contribution is 2.19. The Morgan fingerprint density at radius 2 is 1.86 bits per heavy atom. The summed E-state index contributed by atoms with van der Waals surface area (Å²) >= 11 is 0. The van der Waals surface area contributed by atoms with Gasteiger partial charge in [-0.2, -0.15) is 0 Å². The van der Waals surface area contributed by atoms with Crippen LogP contribution in [-0.4, -0.2) is 57.2 Å². The number of piperidine rings is 1. The molecule has 0 aromatic heterocycles. The number of hydrogen-bond acceptors (Lipinski definition) is 4. The normalized spacial score (nSPS) is 16.9. The van der Waals surface area contributed by atoms with Gasteiger partial charge in [-0.1, -0.05) is 18.2 Å². The molecule has 0 bridgehead atoms. The fourth-order valence-electron chi connectivity index (χ4n) is 3.41. The number of rotatable bonds is 7. The minimum absolute atomic E-state index is 0.282. The molecule has 1 saturated heterocycles. The Morgan fingerprint density at radius 1 is 1.21 bits per heavy atom. The van der Waals surface area contributed by atoms with Gasteiger partial charge in [-0.05, 0) is 59.1 Å². The second kappa shape index (κ2) is 10.4. The van der Waals surface area contributed by atoms with Crippen LogP contribution in [0.15, 0.2) is 34.2 Å². The molecule has 1 aliphatic heterocycles. The molecule has 0 spiro atoms. The highest BCUT2D eigenvalue weighted by molar-refractivity contribution is 7.89. The summed E-state index contributed by atoms with van der Waals surface area (Å²) in [6.45, 7) is 13.1. The molecule has 1 heterocycles. The third-order valence-corrected chi connectivity index (χ3v) is 6.44. The quantitative estimate of drug-likeness (QED) is 0.519. The third-order valence-electron chi connectivity index (χ3n) is 4.58. The van der Waals surface area contributed by atoms with Crippen molar-refractivity contribution in [2.75, 3.05) is 26.2 Å². The summed E-state index contributed by atoms with van der Waals surface area (Å²) in [6.07, 6.45) is 2.26. The number of sulfonamides is 1. The smallest absolute Gasteiger partial charge is 0.241 e. The zero-order valence-corrected chi connectivity index (χ0v) is 19.2. The number of benzene rings is 1. The van der Waals surface area contributed by atoms with Crippen molar-refractivity contribution in [3.05, 3.63) is 29.8 Å². The lowest BCUT2D eigenvalue weighted by Gasteiger charge is -2.34. The first-order valence-corrected chi connectivity index (χ1v) is 11.9. The molecule has 2 rings (SSSR count). The fraction of sp³-hybridized carbons (Fsp3) is 0.667. The molecular formula is C21H36N4O3S. The number of likely N-dealkylation sites (tertiary alicyclic amines) is 1. The Kier molecular flexibility index (Phi) is 8.48. The predicted molar refractivity (Wildman–Crippen MR) is 118 cm³/mol. The van der Waals surface area contributed by atoms with Crippen LogP contribution in [0.4, 0.5) is 0 Å². The molecule has 164 valence electrons. The van der Waals surface area contributed by atoms with Crippen molar-refractivity contribution in [3.8, 4) is 0 Å². The number of ether oxygens (including phenoxy) is 1. The number of nitrogens with one attached hydrogen (secondary N) is 2. The van der Waals surface area contributed by atoms with E-state index in [1.807, 2.05) is 46.8 Å². The summed E-state index contributed by atoms with van der Waals surface area (Å²) in [5.74, 6) is 0.818. The zero-order valence-electron chi connectivity index (χ0n) is 18.4. The van der Waals surface area contributed by atoms with E-state index in [2.05, 4.69) is 14.9 Å². The van der Waals surface area contributed by atoms with E-state index in [9.17, 15) is 8.42 Å². The van der Waals surface area contributed by atoms with Gasteiger partial charge in [-0.3, -0.25) is 0 Å². The van der Waals surface area contributed by atoms with Crippen LogP contribution in [0.1, 0.15) is 53.0 Å². The van der Waals surface area contributed by atoms with Crippen LogP contribution in [0.5, 0.6) is 0 Å². The van der Waals surface area contributed by atoms with Gasteiger partial charge in [0, 0.05) is 31.8 Å². The number of nitrogens with zero attached hydrogens (tertiary/aromatic N) is 2. The van der Waals surface area contributed by atoms with Crippen molar-refractivity contribution in [1.82, 2.24) is 14.9 Å². The first-order valence-electron chi connectivity index (χ1n) is 10.4. The van der Waals surface area contributed by atoms with Gasteiger partial charge in [0.15, 0.2) is 5.96 Å². The lowest BCUT2D eigenvalue weighted by atomic mass is 10.1. The van der Waals surface area contributed by atoms with E-state index in [-0.39, 0.29) is 4.90 Å². The summed E-state index contributed by atoms with van der Waals surface area (Å²) < 4.78 is 34.1. The Morgan fingerprint density at radius 3 is 2.45 bits per heavy atom. The molecule has 1 aromatic rings. The molecule has 2 N–H and O–H groups in total. The second-order valence-electron chi connectivity index (χ2n) is 8.28. The van der Waals surface area contributed by atoms with Crippen molar-refractivity contribution in [1.29, 1.82) is 0 Å². The van der Waals surface area contributed by atoms with Gasteiger partial charge < -0.3 is 15.0 Å². The van der Waals surface area contributed by atoms with E-state index in [0.29, 0.717) is 18.2 Å². The molecule has 1 aliphatic rings. The van der Waals surface area contributed by atoms with Gasteiger partial charge >= 0.3 is 0 Å². The van der Waals surface area contributed by atoms with Crippen LogP contribution in [0.2, 0.25) is 0 Å². The van der Waals surface area contributed by atoms with Gasteiger partial charge in [-0.25, -0.2) is 18.1 Å². The van der Waals surface area contributed by atoms with Crippen LogP contribution in [-0.2, 0) is 21.3 Å². The highest BCUT2D eigenvalue weighted by Gasteiger charge is 2.25. The molecule has 7 nitrogen and oxygen atoms in total. The van der Waals surface area contributed by atoms with Gasteiger partial charge in [0.1, 0.15) is 0 Å². The minimum Gasteiger partial charge on any atom is -0.378 e. The first kappa shape index (κ1) is 23.6. The molecule has 0 radical (unpaired) electrons. The van der Waals surface area contributed by atoms with Gasteiger partial charge in [0.2, 0.25) is 10.0 Å². The Bertz CT molecular complexity index is 779. The summed E-state index contributed by atoms with van der Waals surface area (Å²) in [6, 6.07) is 7.06. The van der Waals surface area contributed by atoms with E-state index < -0.39 is 15.6 Å². The molecular weight excluding hydrogens is 388 g/mol. The van der Waals surface area contributed by atoms with Crippen molar-refractivity contribution < 1.29 is 13.2 Å². The van der Waals surface area contributed by atoms with E-state index in [0.717, 1.165) is 45.0 Å².